The number of methoxy groups -OCH3 is 1. The topological polar surface area (TPSA) is 73.6 Å². The summed E-state index contributed by atoms with van der Waals surface area (Å²) in [6.07, 6.45) is 0. The first kappa shape index (κ1) is 16.2. The number of rotatable bonds is 6. The van der Waals surface area contributed by atoms with Crippen LogP contribution < -0.4 is 20.5 Å². The Morgan fingerprint density at radius 3 is 2.60 bits per heavy atom. The molecule has 112 valence electrons. The zero-order valence-corrected chi connectivity index (χ0v) is 11.6. The van der Waals surface area contributed by atoms with Gasteiger partial charge in [-0.1, -0.05) is 0 Å². The normalized spacial score (nSPS) is 11.3. The molecule has 0 spiro atoms. The molecule has 20 heavy (non-hydrogen) atoms. The van der Waals surface area contributed by atoms with Crippen molar-refractivity contribution in [1.29, 1.82) is 0 Å². The molecular formula is C13H18F2N2O3. The second kappa shape index (κ2) is 6.51. The van der Waals surface area contributed by atoms with Crippen molar-refractivity contribution in [1.82, 2.24) is 5.32 Å². The lowest BCUT2D eigenvalue weighted by Gasteiger charge is -2.19. The average molecular weight is 288 g/mol. The quantitative estimate of drug-likeness (QED) is 0.834. The van der Waals surface area contributed by atoms with Crippen LogP contribution in [0.3, 0.4) is 0 Å². The number of benzene rings is 1. The van der Waals surface area contributed by atoms with Gasteiger partial charge in [-0.2, -0.15) is 8.78 Å². The first-order chi connectivity index (χ1) is 9.24. The highest BCUT2D eigenvalue weighted by Crippen LogP contribution is 2.25. The fourth-order valence-corrected chi connectivity index (χ4v) is 1.44. The third-order valence-corrected chi connectivity index (χ3v) is 2.51. The molecule has 0 aliphatic rings. The van der Waals surface area contributed by atoms with Gasteiger partial charge >= 0.3 is 6.61 Å². The standard InChI is InChI=1S/C13H18F2N2O3/c1-13(2,16)11(18)17-7-8-6-9(19-3)4-5-10(8)20-12(14)15/h4-6,12H,7,16H2,1-3H3,(H,17,18). The van der Waals surface area contributed by atoms with E-state index in [-0.39, 0.29) is 12.3 Å². The summed E-state index contributed by atoms with van der Waals surface area (Å²) in [4.78, 5) is 11.7. The Balaban J connectivity index is 2.87. The van der Waals surface area contributed by atoms with Gasteiger partial charge < -0.3 is 20.5 Å². The largest absolute Gasteiger partial charge is 0.497 e. The predicted octanol–water partition coefficient (Wildman–Crippen LogP) is 1.65. The minimum Gasteiger partial charge on any atom is -0.497 e. The number of amides is 1. The third-order valence-electron chi connectivity index (χ3n) is 2.51. The molecule has 0 heterocycles. The van der Waals surface area contributed by atoms with Crippen LogP contribution in [0.2, 0.25) is 0 Å². The molecule has 3 N–H and O–H groups in total. The molecule has 0 atom stereocenters. The maximum Gasteiger partial charge on any atom is 0.387 e. The molecule has 0 aliphatic heterocycles. The van der Waals surface area contributed by atoms with Crippen molar-refractivity contribution in [3.63, 3.8) is 0 Å². The molecular weight excluding hydrogens is 270 g/mol. The number of nitrogens with two attached hydrogens (primary N) is 1. The number of ether oxygens (including phenoxy) is 2. The van der Waals surface area contributed by atoms with Gasteiger partial charge in [0.1, 0.15) is 11.5 Å². The Morgan fingerprint density at radius 2 is 2.10 bits per heavy atom. The Morgan fingerprint density at radius 1 is 1.45 bits per heavy atom. The molecule has 0 saturated heterocycles. The summed E-state index contributed by atoms with van der Waals surface area (Å²) in [6, 6.07) is 4.37. The summed E-state index contributed by atoms with van der Waals surface area (Å²) >= 11 is 0. The number of nitrogens with one attached hydrogen (secondary N) is 1. The van der Waals surface area contributed by atoms with E-state index in [1.807, 2.05) is 0 Å². The Labute approximate surface area is 116 Å². The molecule has 0 bridgehead atoms. The van der Waals surface area contributed by atoms with Crippen LogP contribution >= 0.6 is 0 Å². The van der Waals surface area contributed by atoms with E-state index in [2.05, 4.69) is 10.1 Å². The van der Waals surface area contributed by atoms with E-state index < -0.39 is 18.1 Å². The van der Waals surface area contributed by atoms with E-state index in [0.717, 1.165) is 0 Å². The maximum absolute atomic E-state index is 12.3. The van der Waals surface area contributed by atoms with Crippen LogP contribution in [0.1, 0.15) is 19.4 Å². The zero-order chi connectivity index (χ0) is 15.3. The maximum atomic E-state index is 12.3. The molecule has 1 aromatic carbocycles. The molecule has 1 rings (SSSR count). The van der Waals surface area contributed by atoms with Crippen LogP contribution in [0, 0.1) is 0 Å². The van der Waals surface area contributed by atoms with Gasteiger partial charge in [0.2, 0.25) is 5.91 Å². The molecule has 7 heteroatoms. The van der Waals surface area contributed by atoms with E-state index in [1.165, 1.54) is 25.3 Å². The van der Waals surface area contributed by atoms with E-state index in [4.69, 9.17) is 10.5 Å². The van der Waals surface area contributed by atoms with E-state index in [1.54, 1.807) is 13.8 Å². The van der Waals surface area contributed by atoms with Crippen LogP contribution in [0.5, 0.6) is 11.5 Å². The SMILES string of the molecule is COc1ccc(OC(F)F)c(CNC(=O)C(C)(C)N)c1. The van der Waals surface area contributed by atoms with Gasteiger partial charge in [-0.05, 0) is 32.0 Å². The lowest BCUT2D eigenvalue weighted by atomic mass is 10.1. The highest BCUT2D eigenvalue weighted by atomic mass is 19.3. The smallest absolute Gasteiger partial charge is 0.387 e. The first-order valence-corrected chi connectivity index (χ1v) is 5.93. The van der Waals surface area contributed by atoms with Crippen molar-refractivity contribution in [2.75, 3.05) is 7.11 Å². The van der Waals surface area contributed by atoms with Gasteiger partial charge in [0.15, 0.2) is 0 Å². The average Bonchev–Trinajstić information content (AvgIpc) is 2.35. The fraction of sp³-hybridized carbons (Fsp3) is 0.462. The van der Waals surface area contributed by atoms with Crippen molar-refractivity contribution in [3.8, 4) is 11.5 Å². The van der Waals surface area contributed by atoms with Crippen LogP contribution in [0.25, 0.3) is 0 Å². The van der Waals surface area contributed by atoms with E-state index in [0.29, 0.717) is 11.3 Å². The Kier molecular flexibility index (Phi) is 5.26. The molecule has 0 aliphatic carbocycles. The van der Waals surface area contributed by atoms with Gasteiger partial charge in [-0.15, -0.1) is 0 Å². The summed E-state index contributed by atoms with van der Waals surface area (Å²) in [5.41, 5.74) is 4.95. The summed E-state index contributed by atoms with van der Waals surface area (Å²) in [6.45, 7) is 0.164. The highest BCUT2D eigenvalue weighted by molar-refractivity contribution is 5.85. The number of halogens is 2. The van der Waals surface area contributed by atoms with Gasteiger partial charge in [0, 0.05) is 12.1 Å². The number of carbonyl (C=O) groups excluding carboxylic acids is 1. The fourth-order valence-electron chi connectivity index (χ4n) is 1.44. The highest BCUT2D eigenvalue weighted by Gasteiger charge is 2.22. The monoisotopic (exact) mass is 288 g/mol. The molecule has 1 aromatic rings. The number of hydrogen-bond donors (Lipinski definition) is 2. The van der Waals surface area contributed by atoms with Crippen molar-refractivity contribution < 1.29 is 23.0 Å². The third kappa shape index (κ3) is 4.65. The lowest BCUT2D eigenvalue weighted by Crippen LogP contribution is -2.48. The number of alkyl halides is 2. The molecule has 0 radical (unpaired) electrons. The van der Waals surface area contributed by atoms with E-state index in [9.17, 15) is 13.6 Å². The van der Waals surface area contributed by atoms with Gasteiger partial charge in [0.05, 0.1) is 12.6 Å². The lowest BCUT2D eigenvalue weighted by molar-refractivity contribution is -0.125. The minimum atomic E-state index is -2.94. The molecule has 5 nitrogen and oxygen atoms in total. The molecule has 1 amide bonds. The molecule has 0 unspecified atom stereocenters. The van der Waals surface area contributed by atoms with Crippen LogP contribution in [0.15, 0.2) is 18.2 Å². The molecule has 0 saturated carbocycles. The summed E-state index contributed by atoms with van der Waals surface area (Å²) < 4.78 is 34.0. The number of carbonyl (C=O) groups is 1. The van der Waals surface area contributed by atoms with Crippen LogP contribution in [0.4, 0.5) is 8.78 Å². The minimum absolute atomic E-state index is 0.0126. The van der Waals surface area contributed by atoms with Crippen molar-refractivity contribution in [2.45, 2.75) is 32.5 Å². The zero-order valence-electron chi connectivity index (χ0n) is 11.6. The van der Waals surface area contributed by atoms with E-state index >= 15 is 0 Å². The first-order valence-electron chi connectivity index (χ1n) is 5.93. The Hall–Kier alpha value is -1.89. The molecule has 0 aromatic heterocycles. The second-order valence-electron chi connectivity index (χ2n) is 4.76. The van der Waals surface area contributed by atoms with Crippen LogP contribution in [-0.2, 0) is 11.3 Å². The molecule has 0 fully saturated rings. The van der Waals surface area contributed by atoms with Crippen LogP contribution in [-0.4, -0.2) is 25.2 Å². The van der Waals surface area contributed by atoms with Crippen molar-refractivity contribution >= 4 is 5.91 Å². The summed E-state index contributed by atoms with van der Waals surface area (Å²) in [5.74, 6) is 0.0575. The predicted molar refractivity (Wildman–Crippen MR) is 69.7 cm³/mol. The summed E-state index contributed by atoms with van der Waals surface area (Å²) in [5, 5.41) is 2.56. The summed E-state index contributed by atoms with van der Waals surface area (Å²) in [7, 11) is 1.45. The Bertz CT molecular complexity index is 473. The van der Waals surface area contributed by atoms with Gasteiger partial charge in [0.25, 0.3) is 0 Å². The van der Waals surface area contributed by atoms with Crippen molar-refractivity contribution in [2.24, 2.45) is 5.73 Å². The van der Waals surface area contributed by atoms with Gasteiger partial charge in [-0.25, -0.2) is 0 Å². The van der Waals surface area contributed by atoms with Gasteiger partial charge in [-0.3, -0.25) is 4.79 Å². The second-order valence-corrected chi connectivity index (χ2v) is 4.76. The van der Waals surface area contributed by atoms with Crippen molar-refractivity contribution in [3.05, 3.63) is 23.8 Å². The number of hydrogen-bond acceptors (Lipinski definition) is 4.